The monoisotopic (exact) mass is 320 g/mol. The molecule has 0 atom stereocenters. The Morgan fingerprint density at radius 1 is 1.13 bits per heavy atom. The fourth-order valence-corrected chi connectivity index (χ4v) is 2.74. The smallest absolute Gasteiger partial charge is 0.251 e. The summed E-state index contributed by atoms with van der Waals surface area (Å²) >= 11 is 0. The topological polar surface area (TPSA) is 76.7 Å². The molecular weight excluding hydrogens is 296 g/mol. The molecule has 0 saturated heterocycles. The Morgan fingerprint density at radius 2 is 1.83 bits per heavy atom. The van der Waals surface area contributed by atoms with Crippen LogP contribution < -0.4 is 20.1 Å². The Labute approximate surface area is 136 Å². The molecule has 1 aliphatic carbocycles. The fraction of sp³-hybridized carbons (Fsp3) is 0.529. The van der Waals surface area contributed by atoms with Gasteiger partial charge in [-0.2, -0.15) is 0 Å². The van der Waals surface area contributed by atoms with Gasteiger partial charge >= 0.3 is 0 Å². The van der Waals surface area contributed by atoms with Crippen LogP contribution in [0.3, 0.4) is 0 Å². The van der Waals surface area contributed by atoms with E-state index in [9.17, 15) is 9.59 Å². The first-order valence-corrected chi connectivity index (χ1v) is 7.93. The van der Waals surface area contributed by atoms with E-state index in [0.717, 1.165) is 12.8 Å². The second-order valence-corrected chi connectivity index (χ2v) is 5.62. The minimum Gasteiger partial charge on any atom is -0.493 e. The molecule has 1 aromatic rings. The minimum atomic E-state index is -0.236. The summed E-state index contributed by atoms with van der Waals surface area (Å²) < 4.78 is 10.3. The Hall–Kier alpha value is -2.24. The van der Waals surface area contributed by atoms with Gasteiger partial charge in [0, 0.05) is 24.6 Å². The first-order valence-electron chi connectivity index (χ1n) is 7.93. The van der Waals surface area contributed by atoms with E-state index < -0.39 is 0 Å². The lowest BCUT2D eigenvalue weighted by Crippen LogP contribution is -2.35. The van der Waals surface area contributed by atoms with Crippen LogP contribution in [0.5, 0.6) is 11.5 Å². The van der Waals surface area contributed by atoms with Gasteiger partial charge in [0.15, 0.2) is 11.5 Å². The van der Waals surface area contributed by atoms with Crippen molar-refractivity contribution in [3.63, 3.8) is 0 Å². The molecule has 0 bridgehead atoms. The average molecular weight is 320 g/mol. The zero-order valence-electron chi connectivity index (χ0n) is 13.7. The molecule has 1 aliphatic rings. The molecule has 1 saturated carbocycles. The highest BCUT2D eigenvalue weighted by atomic mass is 16.5. The number of carbonyl (C=O) groups is 2. The van der Waals surface area contributed by atoms with Gasteiger partial charge in [0.25, 0.3) is 5.91 Å². The second kappa shape index (κ2) is 8.41. The summed E-state index contributed by atoms with van der Waals surface area (Å²) in [5.41, 5.74) is 0.471. The van der Waals surface area contributed by atoms with E-state index in [4.69, 9.17) is 9.47 Å². The number of methoxy groups -OCH3 is 2. The molecule has 0 aromatic heterocycles. The first-order chi connectivity index (χ1) is 11.1. The number of hydrogen-bond acceptors (Lipinski definition) is 4. The van der Waals surface area contributed by atoms with Crippen LogP contribution in [0.1, 0.15) is 42.5 Å². The van der Waals surface area contributed by atoms with Crippen LogP contribution in [-0.4, -0.2) is 38.6 Å². The van der Waals surface area contributed by atoms with Crippen LogP contribution in [0.4, 0.5) is 0 Å². The molecule has 1 fully saturated rings. The molecule has 6 nitrogen and oxygen atoms in total. The van der Waals surface area contributed by atoms with Crippen molar-refractivity contribution in [1.29, 1.82) is 0 Å². The van der Waals surface area contributed by atoms with Crippen LogP contribution in [-0.2, 0) is 4.79 Å². The minimum absolute atomic E-state index is 0.00971. The van der Waals surface area contributed by atoms with Crippen molar-refractivity contribution in [2.45, 2.75) is 38.1 Å². The Kier molecular flexibility index (Phi) is 6.26. The molecule has 0 spiro atoms. The largest absolute Gasteiger partial charge is 0.493 e. The molecule has 0 unspecified atom stereocenters. The van der Waals surface area contributed by atoms with Crippen LogP contribution in [0.2, 0.25) is 0 Å². The molecule has 2 amide bonds. The molecule has 2 N–H and O–H groups in total. The van der Waals surface area contributed by atoms with E-state index in [-0.39, 0.29) is 18.2 Å². The van der Waals surface area contributed by atoms with Crippen molar-refractivity contribution in [2.75, 3.05) is 20.8 Å². The van der Waals surface area contributed by atoms with Gasteiger partial charge < -0.3 is 20.1 Å². The first kappa shape index (κ1) is 17.1. The maximum absolute atomic E-state index is 12.1. The molecular formula is C17H24N2O4. The lowest BCUT2D eigenvalue weighted by atomic mass is 10.2. The molecule has 0 heterocycles. The Morgan fingerprint density at radius 3 is 2.48 bits per heavy atom. The molecule has 6 heteroatoms. The molecule has 23 heavy (non-hydrogen) atoms. The SMILES string of the molecule is COc1ccc(C(=O)NCCC(=O)NC2CCCC2)cc1OC. The number of carbonyl (C=O) groups excluding carboxylic acids is 2. The average Bonchev–Trinajstić information content (AvgIpc) is 3.06. The summed E-state index contributed by atoms with van der Waals surface area (Å²) in [6.07, 6.45) is 4.77. The molecule has 2 rings (SSSR count). The standard InChI is InChI=1S/C17H24N2O4/c1-22-14-8-7-12(11-15(14)23-2)17(21)18-10-9-16(20)19-13-5-3-4-6-13/h7-8,11,13H,3-6,9-10H2,1-2H3,(H,18,21)(H,19,20). The Bertz CT molecular complexity index is 554. The van der Waals surface area contributed by atoms with Crippen molar-refractivity contribution in [1.82, 2.24) is 10.6 Å². The van der Waals surface area contributed by atoms with Gasteiger partial charge in [0.2, 0.25) is 5.91 Å². The normalized spacial score (nSPS) is 14.3. The van der Waals surface area contributed by atoms with E-state index in [1.54, 1.807) is 25.3 Å². The van der Waals surface area contributed by atoms with Crippen LogP contribution in [0.15, 0.2) is 18.2 Å². The quantitative estimate of drug-likeness (QED) is 0.804. The van der Waals surface area contributed by atoms with Gasteiger partial charge in [-0.3, -0.25) is 9.59 Å². The highest BCUT2D eigenvalue weighted by Gasteiger charge is 2.17. The molecule has 0 radical (unpaired) electrons. The fourth-order valence-electron chi connectivity index (χ4n) is 2.74. The maximum atomic E-state index is 12.1. The number of nitrogens with one attached hydrogen (secondary N) is 2. The molecule has 1 aromatic carbocycles. The van der Waals surface area contributed by atoms with Gasteiger partial charge in [-0.1, -0.05) is 12.8 Å². The van der Waals surface area contributed by atoms with Crippen molar-refractivity contribution in [2.24, 2.45) is 0 Å². The van der Waals surface area contributed by atoms with Gasteiger partial charge in [0.05, 0.1) is 14.2 Å². The third kappa shape index (κ3) is 4.87. The summed E-state index contributed by atoms with van der Waals surface area (Å²) in [5, 5.41) is 5.75. The van der Waals surface area contributed by atoms with Crippen LogP contribution in [0.25, 0.3) is 0 Å². The summed E-state index contributed by atoms with van der Waals surface area (Å²) in [5.74, 6) is 0.822. The second-order valence-electron chi connectivity index (χ2n) is 5.62. The number of rotatable bonds is 7. The van der Waals surface area contributed by atoms with Gasteiger partial charge in [-0.15, -0.1) is 0 Å². The van der Waals surface area contributed by atoms with Crippen molar-refractivity contribution >= 4 is 11.8 Å². The van der Waals surface area contributed by atoms with E-state index in [1.165, 1.54) is 20.0 Å². The lowest BCUT2D eigenvalue weighted by Gasteiger charge is -2.12. The summed E-state index contributed by atoms with van der Waals surface area (Å²) in [7, 11) is 3.06. The number of hydrogen-bond donors (Lipinski definition) is 2. The van der Waals surface area contributed by atoms with E-state index in [1.807, 2.05) is 0 Å². The van der Waals surface area contributed by atoms with Crippen molar-refractivity contribution in [3.8, 4) is 11.5 Å². The van der Waals surface area contributed by atoms with Gasteiger partial charge in [-0.25, -0.2) is 0 Å². The van der Waals surface area contributed by atoms with E-state index >= 15 is 0 Å². The van der Waals surface area contributed by atoms with Crippen molar-refractivity contribution < 1.29 is 19.1 Å². The molecule has 0 aliphatic heterocycles. The highest BCUT2D eigenvalue weighted by Crippen LogP contribution is 2.27. The Balaban J connectivity index is 1.79. The zero-order chi connectivity index (χ0) is 16.7. The highest BCUT2D eigenvalue weighted by molar-refractivity contribution is 5.95. The predicted octanol–water partition coefficient (Wildman–Crippen LogP) is 1.88. The molecule has 126 valence electrons. The number of ether oxygens (including phenoxy) is 2. The van der Waals surface area contributed by atoms with E-state index in [2.05, 4.69) is 10.6 Å². The predicted molar refractivity (Wildman–Crippen MR) is 86.9 cm³/mol. The summed E-state index contributed by atoms with van der Waals surface area (Å²) in [6.45, 7) is 0.311. The van der Waals surface area contributed by atoms with Crippen molar-refractivity contribution in [3.05, 3.63) is 23.8 Å². The lowest BCUT2D eigenvalue weighted by molar-refractivity contribution is -0.121. The van der Waals surface area contributed by atoms with Crippen LogP contribution >= 0.6 is 0 Å². The third-order valence-electron chi connectivity index (χ3n) is 4.00. The third-order valence-corrected chi connectivity index (χ3v) is 4.00. The number of amides is 2. The maximum Gasteiger partial charge on any atom is 0.251 e. The van der Waals surface area contributed by atoms with E-state index in [0.29, 0.717) is 29.6 Å². The van der Waals surface area contributed by atoms with Gasteiger partial charge in [0.1, 0.15) is 0 Å². The summed E-state index contributed by atoms with van der Waals surface area (Å²) in [4.78, 5) is 23.9. The van der Waals surface area contributed by atoms with Gasteiger partial charge in [-0.05, 0) is 31.0 Å². The summed E-state index contributed by atoms with van der Waals surface area (Å²) in [6, 6.07) is 5.27. The number of benzene rings is 1. The van der Waals surface area contributed by atoms with Crippen LogP contribution in [0, 0.1) is 0 Å². The zero-order valence-corrected chi connectivity index (χ0v) is 13.7.